The molecule has 1 aromatic carbocycles. The quantitative estimate of drug-likeness (QED) is 0.544. The fourth-order valence-corrected chi connectivity index (χ4v) is 5.57. The molecule has 3 aromatic rings. The molecule has 0 unspecified atom stereocenters. The third-order valence-corrected chi connectivity index (χ3v) is 6.99. The zero-order chi connectivity index (χ0) is 22.8. The number of hydrogen-bond acceptors (Lipinski definition) is 6. The van der Waals surface area contributed by atoms with Gasteiger partial charge in [0.1, 0.15) is 23.0 Å². The molecule has 7 heteroatoms. The molecule has 0 atom stereocenters. The maximum absolute atomic E-state index is 13.3. The topological polar surface area (TPSA) is 108 Å². The molecule has 1 aliphatic carbocycles. The maximum atomic E-state index is 13.3. The number of aryl methyl sites for hydroxylation is 1. The van der Waals surface area contributed by atoms with Gasteiger partial charge in [-0.3, -0.25) is 9.36 Å². The van der Waals surface area contributed by atoms with Gasteiger partial charge in [-0.25, -0.2) is 4.98 Å². The first-order chi connectivity index (χ1) is 15.5. The highest BCUT2D eigenvalue weighted by Gasteiger charge is 2.24. The van der Waals surface area contributed by atoms with Crippen molar-refractivity contribution in [3.8, 4) is 12.1 Å². The van der Waals surface area contributed by atoms with Crippen molar-refractivity contribution < 1.29 is 4.79 Å². The molecule has 0 bridgehead atoms. The lowest BCUT2D eigenvalue weighted by atomic mass is 9.94. The van der Waals surface area contributed by atoms with Gasteiger partial charge in [-0.2, -0.15) is 10.5 Å². The van der Waals surface area contributed by atoms with E-state index in [0.717, 1.165) is 36.9 Å². The highest BCUT2D eigenvalue weighted by molar-refractivity contribution is 7.99. The van der Waals surface area contributed by atoms with E-state index in [-0.39, 0.29) is 23.2 Å². The largest absolute Gasteiger partial charge is 0.383 e. The van der Waals surface area contributed by atoms with Crippen molar-refractivity contribution in [2.24, 2.45) is 0 Å². The van der Waals surface area contributed by atoms with Gasteiger partial charge in [-0.15, -0.1) is 11.8 Å². The second kappa shape index (κ2) is 9.06. The molecule has 2 aromatic heterocycles. The fraction of sp³-hybridized carbons (Fsp3) is 0.360. The number of rotatable bonds is 5. The second-order valence-corrected chi connectivity index (χ2v) is 9.40. The molecule has 6 nitrogen and oxygen atoms in total. The van der Waals surface area contributed by atoms with E-state index in [1.165, 1.54) is 22.7 Å². The van der Waals surface area contributed by atoms with Crippen LogP contribution in [0.1, 0.15) is 71.8 Å². The standard InChI is InChI=1S/C25H25N5OS/c1-15(2)23-18(13-26)24(28)29-25(19(23)14-27)32-12-11-22(31)30-20-9-5-3-7-16(20)17-8-4-6-10-21(17)30/h3,5,7,9,15H,4,6,8,10-12H2,1-2H3,(H2,28,29). The lowest BCUT2D eigenvalue weighted by molar-refractivity contribution is 0.0912. The van der Waals surface area contributed by atoms with E-state index in [0.29, 0.717) is 28.3 Å². The number of hydrogen-bond donors (Lipinski definition) is 1. The summed E-state index contributed by atoms with van der Waals surface area (Å²) in [7, 11) is 0. The Morgan fingerprint density at radius 1 is 1.19 bits per heavy atom. The van der Waals surface area contributed by atoms with Crippen LogP contribution in [0, 0.1) is 22.7 Å². The van der Waals surface area contributed by atoms with Crippen molar-refractivity contribution in [1.82, 2.24) is 9.55 Å². The van der Waals surface area contributed by atoms with Gasteiger partial charge in [0, 0.05) is 23.3 Å². The van der Waals surface area contributed by atoms with Crippen molar-refractivity contribution in [1.29, 1.82) is 10.5 Å². The molecule has 0 saturated heterocycles. The normalized spacial score (nSPS) is 13.0. The monoisotopic (exact) mass is 443 g/mol. The van der Waals surface area contributed by atoms with Gasteiger partial charge >= 0.3 is 0 Å². The van der Waals surface area contributed by atoms with Crippen molar-refractivity contribution in [3.63, 3.8) is 0 Å². The number of thioether (sulfide) groups is 1. The average molecular weight is 444 g/mol. The summed E-state index contributed by atoms with van der Waals surface area (Å²) in [6.07, 6.45) is 4.52. The molecule has 2 N–H and O–H groups in total. The molecule has 162 valence electrons. The molecule has 0 radical (unpaired) electrons. The molecular formula is C25H25N5OS. The zero-order valence-corrected chi connectivity index (χ0v) is 19.1. The highest BCUT2D eigenvalue weighted by atomic mass is 32.2. The Bertz CT molecular complexity index is 1290. The van der Waals surface area contributed by atoms with E-state index < -0.39 is 0 Å². The Balaban J connectivity index is 1.60. The van der Waals surface area contributed by atoms with E-state index in [1.807, 2.05) is 36.6 Å². The van der Waals surface area contributed by atoms with E-state index in [4.69, 9.17) is 5.73 Å². The Morgan fingerprint density at radius 3 is 2.62 bits per heavy atom. The number of aromatic nitrogens is 2. The van der Waals surface area contributed by atoms with Crippen molar-refractivity contribution >= 4 is 34.4 Å². The number of nitrogen functional groups attached to an aromatic ring is 1. The predicted molar refractivity (Wildman–Crippen MR) is 127 cm³/mol. The smallest absolute Gasteiger partial charge is 0.232 e. The van der Waals surface area contributed by atoms with Crippen LogP contribution in [0.15, 0.2) is 29.3 Å². The van der Waals surface area contributed by atoms with E-state index in [9.17, 15) is 15.3 Å². The Morgan fingerprint density at radius 2 is 1.91 bits per heavy atom. The minimum Gasteiger partial charge on any atom is -0.383 e. The summed E-state index contributed by atoms with van der Waals surface area (Å²) < 4.78 is 1.90. The number of para-hydroxylation sites is 1. The van der Waals surface area contributed by atoms with Crippen LogP contribution >= 0.6 is 11.8 Å². The van der Waals surface area contributed by atoms with Crippen LogP contribution in [-0.4, -0.2) is 21.2 Å². The SMILES string of the molecule is CC(C)c1c(C#N)c(N)nc(SCCC(=O)n2c3c(c4ccccc42)CCCC3)c1C#N. The third kappa shape index (κ3) is 3.74. The number of anilines is 1. The highest BCUT2D eigenvalue weighted by Crippen LogP contribution is 2.35. The number of carbonyl (C=O) groups excluding carboxylic acids is 1. The zero-order valence-electron chi connectivity index (χ0n) is 18.3. The number of carbonyl (C=O) groups is 1. The predicted octanol–water partition coefficient (Wildman–Crippen LogP) is 5.19. The molecular weight excluding hydrogens is 418 g/mol. The number of benzene rings is 1. The lowest BCUT2D eigenvalue weighted by Crippen LogP contribution is -2.16. The average Bonchev–Trinajstić information content (AvgIpc) is 3.13. The minimum absolute atomic E-state index is 0.0386. The second-order valence-electron chi connectivity index (χ2n) is 8.32. The van der Waals surface area contributed by atoms with Gasteiger partial charge in [0.15, 0.2) is 0 Å². The number of fused-ring (bicyclic) bond motifs is 3. The Hall–Kier alpha value is -3.29. The van der Waals surface area contributed by atoms with E-state index >= 15 is 0 Å². The summed E-state index contributed by atoms with van der Waals surface area (Å²) in [6.45, 7) is 3.85. The van der Waals surface area contributed by atoms with Crippen LogP contribution < -0.4 is 5.73 Å². The number of nitriles is 2. The van der Waals surface area contributed by atoms with Crippen LogP contribution in [0.2, 0.25) is 0 Å². The summed E-state index contributed by atoms with van der Waals surface area (Å²) in [5.74, 6) is 0.629. The lowest BCUT2D eigenvalue weighted by Gasteiger charge is -2.16. The fourth-order valence-electron chi connectivity index (χ4n) is 4.63. The summed E-state index contributed by atoms with van der Waals surface area (Å²) in [5, 5.41) is 20.9. The Kier molecular flexibility index (Phi) is 6.21. The first kappa shape index (κ1) is 21.9. The first-order valence-electron chi connectivity index (χ1n) is 10.9. The summed E-state index contributed by atoms with van der Waals surface area (Å²) >= 11 is 1.35. The van der Waals surface area contributed by atoms with Gasteiger partial charge in [-0.05, 0) is 48.8 Å². The summed E-state index contributed by atoms with van der Waals surface area (Å²) in [6, 6.07) is 12.4. The van der Waals surface area contributed by atoms with Crippen LogP contribution in [0.3, 0.4) is 0 Å². The van der Waals surface area contributed by atoms with Crippen LogP contribution in [0.4, 0.5) is 5.82 Å². The maximum Gasteiger partial charge on any atom is 0.232 e. The van der Waals surface area contributed by atoms with Crippen LogP contribution in [0.25, 0.3) is 10.9 Å². The van der Waals surface area contributed by atoms with Gasteiger partial charge in [-0.1, -0.05) is 32.0 Å². The Labute approximate surface area is 192 Å². The third-order valence-electron chi connectivity index (χ3n) is 6.01. The van der Waals surface area contributed by atoms with Gasteiger partial charge < -0.3 is 5.73 Å². The van der Waals surface area contributed by atoms with Crippen molar-refractivity contribution in [2.45, 2.75) is 56.9 Å². The molecule has 0 saturated carbocycles. The molecule has 4 rings (SSSR count). The van der Waals surface area contributed by atoms with E-state index in [2.05, 4.69) is 23.2 Å². The van der Waals surface area contributed by atoms with Gasteiger partial charge in [0.05, 0.1) is 16.6 Å². The number of pyridine rings is 1. The van der Waals surface area contributed by atoms with Crippen LogP contribution in [0.5, 0.6) is 0 Å². The molecule has 0 amide bonds. The minimum atomic E-state index is -0.0386. The number of nitrogens with zero attached hydrogens (tertiary/aromatic N) is 4. The molecule has 0 fully saturated rings. The van der Waals surface area contributed by atoms with Crippen LogP contribution in [-0.2, 0) is 12.8 Å². The molecule has 2 heterocycles. The molecule has 32 heavy (non-hydrogen) atoms. The van der Waals surface area contributed by atoms with Gasteiger partial charge in [0.25, 0.3) is 0 Å². The molecule has 1 aliphatic rings. The number of nitrogens with two attached hydrogens (primary N) is 1. The molecule has 0 spiro atoms. The van der Waals surface area contributed by atoms with Crippen molar-refractivity contribution in [2.75, 3.05) is 11.5 Å². The first-order valence-corrected chi connectivity index (χ1v) is 11.9. The van der Waals surface area contributed by atoms with E-state index in [1.54, 1.807) is 0 Å². The summed E-state index contributed by atoms with van der Waals surface area (Å²) in [4.78, 5) is 17.6. The van der Waals surface area contributed by atoms with Crippen molar-refractivity contribution in [3.05, 3.63) is 52.2 Å². The summed E-state index contributed by atoms with van der Waals surface area (Å²) in [5.41, 5.74) is 10.7. The molecule has 0 aliphatic heterocycles. The van der Waals surface area contributed by atoms with Gasteiger partial charge in [0.2, 0.25) is 5.91 Å².